The van der Waals surface area contributed by atoms with Crippen LogP contribution in [-0.2, 0) is 41.7 Å². The number of amides is 4. The molecule has 45 heavy (non-hydrogen) atoms. The Labute approximate surface area is 258 Å². The molecule has 1 aromatic carbocycles. The summed E-state index contributed by atoms with van der Waals surface area (Å²) < 4.78 is 30.4. The lowest BCUT2D eigenvalue weighted by Crippen LogP contribution is -2.58. The number of hydrogen-bond donors (Lipinski definition) is 3. The third-order valence-corrected chi connectivity index (χ3v) is 8.82. The quantitative estimate of drug-likeness (QED) is 0.208. The van der Waals surface area contributed by atoms with Crippen LogP contribution in [0.4, 0.5) is 14.0 Å². The number of hydroxylamine groups is 2. The Morgan fingerprint density at radius 1 is 1.20 bits per heavy atom. The Hall–Kier alpha value is -4.24. The first kappa shape index (κ1) is 32.2. The summed E-state index contributed by atoms with van der Waals surface area (Å²) in [5.74, 6) is -4.53. The fourth-order valence-electron chi connectivity index (χ4n) is 6.18. The number of ether oxygens (including phenoxy) is 3. The van der Waals surface area contributed by atoms with Crippen molar-refractivity contribution in [3.05, 3.63) is 47.8 Å². The van der Waals surface area contributed by atoms with Gasteiger partial charge in [0.2, 0.25) is 11.8 Å². The van der Waals surface area contributed by atoms with Crippen LogP contribution in [-0.4, -0.2) is 105 Å². The van der Waals surface area contributed by atoms with Crippen LogP contribution in [0.25, 0.3) is 0 Å². The highest BCUT2D eigenvalue weighted by atomic mass is 19.1. The van der Waals surface area contributed by atoms with Crippen molar-refractivity contribution in [2.24, 2.45) is 11.8 Å². The van der Waals surface area contributed by atoms with E-state index in [-0.39, 0.29) is 44.1 Å². The number of aliphatic carboxylic acids is 1. The van der Waals surface area contributed by atoms with Gasteiger partial charge >= 0.3 is 18.2 Å². The highest BCUT2D eigenvalue weighted by Gasteiger charge is 2.61. The van der Waals surface area contributed by atoms with Crippen molar-refractivity contribution in [3.8, 4) is 0 Å². The van der Waals surface area contributed by atoms with Gasteiger partial charge < -0.3 is 29.5 Å². The molecule has 1 aromatic rings. The zero-order valence-electron chi connectivity index (χ0n) is 25.0. The number of rotatable bonds is 9. The van der Waals surface area contributed by atoms with Crippen molar-refractivity contribution in [1.82, 2.24) is 20.2 Å². The number of nitrogens with one attached hydrogen (secondary N) is 1. The highest BCUT2D eigenvalue weighted by molar-refractivity contribution is 5.96. The number of carboxylic acids is 1. The van der Waals surface area contributed by atoms with Gasteiger partial charge in [0.05, 0.1) is 26.3 Å². The van der Waals surface area contributed by atoms with Gasteiger partial charge in [-0.05, 0) is 24.0 Å². The standard InChI is InChI=1S/C30H37FN4O10/c1-4-18-11-30(18,27(38)39)32-25(36)23-10-20(45-28(40)33-12-17-6-5-7-22(31)21(17)14-33)13-34(23)26(37)24(16(2)3)35(42)29(41)44-19-8-9-43-15-19/h4-7,16,18-20,23-24,42H,1,8-15H2,2-3H3,(H,32,36)(H,38,39)/t18-,19?,20-,23+,24?,30?/m1/s1. The normalized spacial score (nSPS) is 27.5. The minimum atomic E-state index is -1.60. The summed E-state index contributed by atoms with van der Waals surface area (Å²) in [6, 6.07) is 1.74. The van der Waals surface area contributed by atoms with E-state index in [0.29, 0.717) is 24.2 Å². The van der Waals surface area contributed by atoms with Crippen LogP contribution in [0.15, 0.2) is 30.9 Å². The summed E-state index contributed by atoms with van der Waals surface area (Å²) in [5.41, 5.74) is -0.595. The molecule has 5 rings (SSSR count). The number of nitrogens with zero attached hydrogens (tertiary/aromatic N) is 3. The first-order chi connectivity index (χ1) is 21.4. The van der Waals surface area contributed by atoms with Crippen molar-refractivity contribution in [2.45, 2.75) is 76.0 Å². The van der Waals surface area contributed by atoms with Crippen LogP contribution < -0.4 is 5.32 Å². The van der Waals surface area contributed by atoms with Gasteiger partial charge in [-0.15, -0.1) is 6.58 Å². The van der Waals surface area contributed by atoms with E-state index in [1.165, 1.54) is 17.0 Å². The van der Waals surface area contributed by atoms with E-state index in [9.17, 15) is 38.7 Å². The molecule has 0 aromatic heterocycles. The topological polar surface area (TPSA) is 175 Å². The molecule has 0 spiro atoms. The van der Waals surface area contributed by atoms with Crippen LogP contribution in [0.1, 0.15) is 44.2 Å². The molecule has 3 N–H and O–H groups in total. The van der Waals surface area contributed by atoms with Gasteiger partial charge in [-0.1, -0.05) is 32.1 Å². The summed E-state index contributed by atoms with van der Waals surface area (Å²) >= 11 is 0. The minimum absolute atomic E-state index is 0.0206. The van der Waals surface area contributed by atoms with Gasteiger partial charge in [0.1, 0.15) is 35.6 Å². The smallest absolute Gasteiger partial charge is 0.434 e. The van der Waals surface area contributed by atoms with E-state index in [2.05, 4.69) is 11.9 Å². The van der Waals surface area contributed by atoms with E-state index in [1.807, 2.05) is 0 Å². The highest BCUT2D eigenvalue weighted by Crippen LogP contribution is 2.45. The fourth-order valence-corrected chi connectivity index (χ4v) is 6.18. The van der Waals surface area contributed by atoms with Gasteiger partial charge in [0.15, 0.2) is 0 Å². The summed E-state index contributed by atoms with van der Waals surface area (Å²) in [6.07, 6.45) is -1.79. The molecule has 0 radical (unpaired) electrons. The second-order valence-electron chi connectivity index (χ2n) is 12.2. The number of halogens is 1. The molecule has 15 heteroatoms. The third kappa shape index (κ3) is 6.31. The Balaban J connectivity index is 1.34. The van der Waals surface area contributed by atoms with E-state index in [0.717, 1.165) is 4.90 Å². The fraction of sp³-hybridized carbons (Fsp3) is 0.567. The predicted octanol–water partition coefficient (Wildman–Crippen LogP) is 2.03. The lowest BCUT2D eigenvalue weighted by molar-refractivity contribution is -0.164. The number of carbonyl (C=O) groups is 5. The average molecular weight is 633 g/mol. The number of carbonyl (C=O) groups excluding carboxylic acids is 4. The van der Waals surface area contributed by atoms with Gasteiger partial charge in [-0.2, -0.15) is 5.06 Å². The maximum absolute atomic E-state index is 14.3. The monoisotopic (exact) mass is 632 g/mol. The third-order valence-electron chi connectivity index (χ3n) is 8.82. The Kier molecular flexibility index (Phi) is 9.03. The number of likely N-dealkylation sites (tertiary alicyclic amines) is 1. The molecule has 6 atom stereocenters. The molecule has 1 aliphatic carbocycles. The van der Waals surface area contributed by atoms with Crippen molar-refractivity contribution >= 4 is 30.0 Å². The molecule has 0 bridgehead atoms. The van der Waals surface area contributed by atoms with Crippen molar-refractivity contribution in [1.29, 1.82) is 0 Å². The first-order valence-electron chi connectivity index (χ1n) is 14.8. The van der Waals surface area contributed by atoms with Crippen molar-refractivity contribution < 1.29 is 52.9 Å². The molecule has 3 fully saturated rings. The van der Waals surface area contributed by atoms with E-state index < -0.39 is 77.5 Å². The van der Waals surface area contributed by atoms with E-state index >= 15 is 0 Å². The summed E-state index contributed by atoms with van der Waals surface area (Å²) in [5, 5.41) is 23.4. The SMILES string of the molecule is C=C[C@@H]1CC1(NC(=O)[C@@H]1C[C@@H](OC(=O)N2Cc3cccc(F)c3C2)CN1C(=O)C(C(C)C)N(O)C(=O)OC1CCOC1)C(=O)O. The predicted molar refractivity (Wildman–Crippen MR) is 151 cm³/mol. The molecule has 1 saturated carbocycles. The number of carboxylic acid groups (broad SMARTS) is 1. The Morgan fingerprint density at radius 2 is 1.96 bits per heavy atom. The number of hydrogen-bond acceptors (Lipinski definition) is 9. The molecule has 4 amide bonds. The van der Waals surface area contributed by atoms with Crippen LogP contribution in [0.3, 0.4) is 0 Å². The lowest BCUT2D eigenvalue weighted by atomic mass is 10.0. The number of benzene rings is 1. The zero-order chi connectivity index (χ0) is 32.6. The first-order valence-corrected chi connectivity index (χ1v) is 14.8. The molecule has 2 saturated heterocycles. The molecule has 14 nitrogen and oxygen atoms in total. The van der Waals surface area contributed by atoms with Gasteiger partial charge in [0.25, 0.3) is 0 Å². The van der Waals surface area contributed by atoms with Crippen LogP contribution in [0.5, 0.6) is 0 Å². The van der Waals surface area contributed by atoms with Crippen LogP contribution in [0.2, 0.25) is 0 Å². The van der Waals surface area contributed by atoms with Crippen LogP contribution >= 0.6 is 0 Å². The zero-order valence-corrected chi connectivity index (χ0v) is 25.0. The minimum Gasteiger partial charge on any atom is -0.479 e. The molecule has 3 unspecified atom stereocenters. The Bertz CT molecular complexity index is 1380. The maximum atomic E-state index is 14.3. The van der Waals surface area contributed by atoms with Crippen molar-refractivity contribution in [2.75, 3.05) is 19.8 Å². The second-order valence-corrected chi connectivity index (χ2v) is 12.2. The molecular formula is C30H37FN4O10. The summed E-state index contributed by atoms with van der Waals surface area (Å²) in [4.78, 5) is 67.9. The second kappa shape index (κ2) is 12.6. The molecule has 244 valence electrons. The molecule has 3 aliphatic heterocycles. The lowest BCUT2D eigenvalue weighted by Gasteiger charge is -2.33. The number of fused-ring (bicyclic) bond motifs is 1. The Morgan fingerprint density at radius 3 is 2.56 bits per heavy atom. The van der Waals surface area contributed by atoms with E-state index in [1.54, 1.807) is 26.0 Å². The largest absolute Gasteiger partial charge is 0.479 e. The van der Waals surface area contributed by atoms with Crippen molar-refractivity contribution in [3.63, 3.8) is 0 Å². The summed E-state index contributed by atoms with van der Waals surface area (Å²) in [6.45, 7) is 7.12. The van der Waals surface area contributed by atoms with Crippen LogP contribution in [0, 0.1) is 17.7 Å². The molecular weight excluding hydrogens is 595 g/mol. The van der Waals surface area contributed by atoms with Gasteiger partial charge in [-0.25, -0.2) is 18.8 Å². The van der Waals surface area contributed by atoms with Gasteiger partial charge in [-0.3, -0.25) is 19.7 Å². The molecule has 4 aliphatic rings. The maximum Gasteiger partial charge on any atom is 0.434 e. The average Bonchev–Trinajstić information content (AvgIpc) is 3.39. The summed E-state index contributed by atoms with van der Waals surface area (Å²) in [7, 11) is 0. The van der Waals surface area contributed by atoms with E-state index in [4.69, 9.17) is 14.2 Å². The van der Waals surface area contributed by atoms with Gasteiger partial charge in [0, 0.05) is 30.9 Å². The molecule has 3 heterocycles.